The van der Waals surface area contributed by atoms with E-state index in [-0.39, 0.29) is 12.0 Å². The molecule has 1 amide bonds. The van der Waals surface area contributed by atoms with Crippen LogP contribution in [0.1, 0.15) is 38.0 Å². The van der Waals surface area contributed by atoms with E-state index in [4.69, 9.17) is 9.47 Å². The molecule has 1 atom stereocenters. The molecule has 5 nitrogen and oxygen atoms in total. The normalized spacial score (nSPS) is 16.3. The summed E-state index contributed by atoms with van der Waals surface area (Å²) in [6.45, 7) is 2.48. The number of carbonyl (C=O) groups is 1. The summed E-state index contributed by atoms with van der Waals surface area (Å²) < 4.78 is 11.6. The maximum Gasteiger partial charge on any atom is 0.226 e. The molecule has 1 unspecified atom stereocenters. The van der Waals surface area contributed by atoms with Gasteiger partial charge >= 0.3 is 0 Å². The summed E-state index contributed by atoms with van der Waals surface area (Å²) in [4.78, 5) is 16.2. The lowest BCUT2D eigenvalue weighted by Crippen LogP contribution is -2.22. The van der Waals surface area contributed by atoms with Gasteiger partial charge in [0.25, 0.3) is 0 Å². The number of nitrogens with one attached hydrogen (secondary N) is 1. The van der Waals surface area contributed by atoms with Crippen LogP contribution in [0.25, 0.3) is 0 Å². The molecule has 0 bridgehead atoms. The second-order valence-corrected chi connectivity index (χ2v) is 5.95. The van der Waals surface area contributed by atoms with Crippen LogP contribution in [0.5, 0.6) is 11.5 Å². The minimum absolute atomic E-state index is 0.00825. The molecule has 0 radical (unpaired) electrons. The first kappa shape index (κ1) is 14.8. The molecule has 0 spiro atoms. The van der Waals surface area contributed by atoms with Gasteiger partial charge in [-0.2, -0.15) is 0 Å². The molecule has 2 aromatic rings. The largest absolute Gasteiger partial charge is 0.485 e. The summed E-state index contributed by atoms with van der Waals surface area (Å²) in [6.07, 6.45) is 2.18. The molecular formula is C16H18N2O3S. The van der Waals surface area contributed by atoms with Gasteiger partial charge in [-0.15, -0.1) is 11.3 Å². The third kappa shape index (κ3) is 3.39. The van der Waals surface area contributed by atoms with Crippen molar-refractivity contribution < 1.29 is 14.3 Å². The zero-order chi connectivity index (χ0) is 15.4. The van der Waals surface area contributed by atoms with Gasteiger partial charge in [-0.3, -0.25) is 4.79 Å². The Labute approximate surface area is 133 Å². The van der Waals surface area contributed by atoms with E-state index in [2.05, 4.69) is 17.2 Å². The average molecular weight is 318 g/mol. The van der Waals surface area contributed by atoms with E-state index in [9.17, 15) is 4.79 Å². The summed E-state index contributed by atoms with van der Waals surface area (Å²) in [7, 11) is 0. The van der Waals surface area contributed by atoms with Gasteiger partial charge in [-0.25, -0.2) is 4.98 Å². The van der Waals surface area contributed by atoms with Crippen molar-refractivity contribution in [1.82, 2.24) is 4.98 Å². The first-order valence-corrected chi connectivity index (χ1v) is 8.28. The lowest BCUT2D eigenvalue weighted by atomic mass is 10.2. The van der Waals surface area contributed by atoms with Crippen molar-refractivity contribution in [2.45, 2.75) is 32.3 Å². The van der Waals surface area contributed by atoms with Crippen LogP contribution in [-0.4, -0.2) is 17.5 Å². The van der Waals surface area contributed by atoms with E-state index in [1.165, 1.54) is 11.3 Å². The monoisotopic (exact) mass is 318 g/mol. The molecule has 0 aliphatic carbocycles. The number of nitrogens with zero attached hydrogens (tertiary/aromatic N) is 1. The number of thiazole rings is 1. The summed E-state index contributed by atoms with van der Waals surface area (Å²) in [5.74, 6) is 1.48. The molecule has 1 aliphatic heterocycles. The highest BCUT2D eigenvalue weighted by Crippen LogP contribution is 2.36. The van der Waals surface area contributed by atoms with Crippen molar-refractivity contribution in [1.29, 1.82) is 0 Å². The lowest BCUT2D eigenvalue weighted by Gasteiger charge is -2.25. The number of ether oxygens (including phenoxy) is 2. The lowest BCUT2D eigenvalue weighted by molar-refractivity contribution is -0.116. The second-order valence-electron chi connectivity index (χ2n) is 5.09. The molecule has 0 saturated heterocycles. The predicted molar refractivity (Wildman–Crippen MR) is 85.6 cm³/mol. The fourth-order valence-electron chi connectivity index (χ4n) is 2.18. The number of carbonyl (C=O) groups excluding carboxylic acids is 1. The first-order valence-electron chi connectivity index (χ1n) is 7.40. The molecule has 116 valence electrons. The van der Waals surface area contributed by atoms with Crippen molar-refractivity contribution in [3.05, 3.63) is 35.3 Å². The molecular weight excluding hydrogens is 300 g/mol. The van der Waals surface area contributed by atoms with Crippen molar-refractivity contribution in [2.24, 2.45) is 0 Å². The quantitative estimate of drug-likeness (QED) is 0.911. The van der Waals surface area contributed by atoms with Crippen LogP contribution < -0.4 is 14.8 Å². The number of para-hydroxylation sites is 2. The zero-order valence-corrected chi connectivity index (χ0v) is 13.2. The topological polar surface area (TPSA) is 60.5 Å². The van der Waals surface area contributed by atoms with Gasteiger partial charge in [0.05, 0.1) is 5.69 Å². The minimum Gasteiger partial charge on any atom is -0.485 e. The highest BCUT2D eigenvalue weighted by molar-refractivity contribution is 7.13. The van der Waals surface area contributed by atoms with E-state index in [0.717, 1.165) is 30.0 Å². The van der Waals surface area contributed by atoms with Gasteiger partial charge in [0.15, 0.2) is 22.7 Å². The van der Waals surface area contributed by atoms with Crippen LogP contribution in [0.2, 0.25) is 0 Å². The third-order valence-corrected chi connectivity index (χ3v) is 4.14. The Morgan fingerprint density at radius 1 is 1.41 bits per heavy atom. The molecule has 3 rings (SSSR count). The van der Waals surface area contributed by atoms with Crippen molar-refractivity contribution in [3.8, 4) is 11.5 Å². The third-order valence-electron chi connectivity index (χ3n) is 3.36. The van der Waals surface area contributed by atoms with Crippen LogP contribution in [0.4, 0.5) is 5.13 Å². The Kier molecular flexibility index (Phi) is 4.58. The van der Waals surface area contributed by atoms with E-state index in [1.807, 2.05) is 29.6 Å². The minimum atomic E-state index is -0.243. The summed E-state index contributed by atoms with van der Waals surface area (Å²) >= 11 is 1.41. The molecule has 1 aromatic heterocycles. The number of aromatic nitrogens is 1. The highest BCUT2D eigenvalue weighted by Gasteiger charge is 2.24. The number of amides is 1. The first-order chi connectivity index (χ1) is 10.8. The zero-order valence-electron chi connectivity index (χ0n) is 12.4. The Balaban J connectivity index is 1.64. The molecule has 1 N–H and O–H groups in total. The van der Waals surface area contributed by atoms with Gasteiger partial charge in [-0.05, 0) is 18.6 Å². The van der Waals surface area contributed by atoms with E-state index in [1.54, 1.807) is 0 Å². The Hall–Kier alpha value is -2.08. The number of hydrogen-bond donors (Lipinski definition) is 1. The summed E-state index contributed by atoms with van der Waals surface area (Å²) in [5.41, 5.74) is 0.783. The second kappa shape index (κ2) is 6.79. The van der Waals surface area contributed by atoms with Crippen molar-refractivity contribution >= 4 is 22.4 Å². The number of anilines is 1. The number of unbranched alkanes of at least 4 members (excludes halogenated alkanes) is 1. The van der Waals surface area contributed by atoms with Crippen LogP contribution in [0, 0.1) is 0 Å². The number of fused-ring (bicyclic) bond motifs is 1. The molecule has 22 heavy (non-hydrogen) atoms. The van der Waals surface area contributed by atoms with E-state index >= 15 is 0 Å². The van der Waals surface area contributed by atoms with Gasteiger partial charge < -0.3 is 14.8 Å². The maximum absolute atomic E-state index is 11.7. The predicted octanol–water partition coefficient (Wildman–Crippen LogP) is 3.78. The molecule has 1 aromatic carbocycles. The van der Waals surface area contributed by atoms with Crippen LogP contribution in [0.15, 0.2) is 29.6 Å². The molecule has 6 heteroatoms. The van der Waals surface area contributed by atoms with Gasteiger partial charge in [0, 0.05) is 11.8 Å². The van der Waals surface area contributed by atoms with Gasteiger partial charge in [-0.1, -0.05) is 25.5 Å². The Bertz CT molecular complexity index is 656. The van der Waals surface area contributed by atoms with Crippen LogP contribution in [0.3, 0.4) is 0 Å². The molecule has 0 saturated carbocycles. The highest BCUT2D eigenvalue weighted by atomic mass is 32.1. The van der Waals surface area contributed by atoms with Gasteiger partial charge in [0.2, 0.25) is 5.91 Å². The van der Waals surface area contributed by atoms with Crippen LogP contribution in [-0.2, 0) is 4.79 Å². The average Bonchev–Trinajstić information content (AvgIpc) is 3.01. The fraction of sp³-hybridized carbons (Fsp3) is 0.375. The van der Waals surface area contributed by atoms with E-state index < -0.39 is 0 Å². The molecule has 0 fully saturated rings. The van der Waals surface area contributed by atoms with Crippen LogP contribution >= 0.6 is 11.3 Å². The van der Waals surface area contributed by atoms with Gasteiger partial charge in [0.1, 0.15) is 6.61 Å². The van der Waals surface area contributed by atoms with Crippen molar-refractivity contribution in [2.75, 3.05) is 11.9 Å². The molecule has 2 heterocycles. The van der Waals surface area contributed by atoms with Crippen molar-refractivity contribution in [3.63, 3.8) is 0 Å². The summed E-state index contributed by atoms with van der Waals surface area (Å²) in [6, 6.07) is 7.58. The Morgan fingerprint density at radius 2 is 2.23 bits per heavy atom. The SMILES string of the molecule is CCCCC(=O)Nc1nc(C2COc3ccccc3O2)cs1. The smallest absolute Gasteiger partial charge is 0.226 e. The standard InChI is InChI=1S/C16H18N2O3S/c1-2-3-8-15(19)18-16-17-11(10-22-16)14-9-20-12-6-4-5-7-13(12)21-14/h4-7,10,14H,2-3,8-9H2,1H3,(H,17,18,19). The van der Waals surface area contributed by atoms with E-state index in [0.29, 0.717) is 18.2 Å². The number of rotatable bonds is 5. The maximum atomic E-state index is 11.7. The summed E-state index contributed by atoms with van der Waals surface area (Å²) in [5, 5.41) is 5.34. The Morgan fingerprint density at radius 3 is 3.05 bits per heavy atom. The number of benzene rings is 1. The fourth-order valence-corrected chi connectivity index (χ4v) is 2.94. The number of hydrogen-bond acceptors (Lipinski definition) is 5. The molecule has 1 aliphatic rings.